The van der Waals surface area contributed by atoms with Crippen LogP contribution in [0.1, 0.15) is 50.5 Å². The fourth-order valence-electron chi connectivity index (χ4n) is 4.80. The van der Waals surface area contributed by atoms with Crippen molar-refractivity contribution in [1.82, 2.24) is 4.98 Å². The molecule has 0 aliphatic carbocycles. The third-order valence-electron chi connectivity index (χ3n) is 7.08. The molecule has 5 rings (SSSR count). The lowest BCUT2D eigenvalue weighted by Gasteiger charge is -2.31. The second-order valence-electron chi connectivity index (χ2n) is 10.1. The van der Waals surface area contributed by atoms with Gasteiger partial charge >= 0.3 is 6.15 Å². The van der Waals surface area contributed by atoms with Gasteiger partial charge in [0.15, 0.2) is 11.6 Å². The van der Waals surface area contributed by atoms with Crippen molar-refractivity contribution < 1.29 is 24.3 Å². The average Bonchev–Trinajstić information content (AvgIpc) is 3.42. The number of ketones is 2. The third-order valence-corrected chi connectivity index (χ3v) is 7.08. The maximum Gasteiger partial charge on any atom is 0.373 e. The zero-order valence-electron chi connectivity index (χ0n) is 22.9. The smallest absolute Gasteiger partial charge is 0.373 e. The van der Waals surface area contributed by atoms with Crippen LogP contribution < -0.4 is 10.2 Å². The molecule has 41 heavy (non-hydrogen) atoms. The van der Waals surface area contributed by atoms with Gasteiger partial charge < -0.3 is 20.3 Å². The molecule has 0 saturated carbocycles. The normalized spacial score (nSPS) is 13.1. The first-order valence-corrected chi connectivity index (χ1v) is 13.5. The van der Waals surface area contributed by atoms with Gasteiger partial charge in [0.2, 0.25) is 0 Å². The molecule has 3 N–H and O–H groups in total. The Hall–Kier alpha value is -4.78. The number of nitrogens with zero attached hydrogens (tertiary/aromatic N) is 1. The number of rotatable bonds is 9. The number of anilines is 3. The van der Waals surface area contributed by atoms with Gasteiger partial charge in [0, 0.05) is 54.3 Å². The van der Waals surface area contributed by atoms with E-state index in [9.17, 15) is 14.7 Å². The molecule has 4 aromatic rings. The van der Waals surface area contributed by atoms with Crippen molar-refractivity contribution in [3.63, 3.8) is 0 Å². The molecule has 0 bridgehead atoms. The second-order valence-corrected chi connectivity index (χ2v) is 10.1. The predicted molar refractivity (Wildman–Crippen MR) is 157 cm³/mol. The van der Waals surface area contributed by atoms with Gasteiger partial charge in [-0.2, -0.15) is 9.59 Å². The molecule has 0 amide bonds. The Labute approximate surface area is 239 Å². The number of Topliss-reactive ketones (excluding diaryl/α,β-unsaturated/α-hetero) is 2. The summed E-state index contributed by atoms with van der Waals surface area (Å²) < 4.78 is 0. The zero-order valence-corrected chi connectivity index (χ0v) is 22.9. The number of nitrogens with one attached hydrogen (secondary N) is 2. The highest BCUT2D eigenvalue weighted by molar-refractivity contribution is 5.98. The van der Waals surface area contributed by atoms with Crippen LogP contribution in [0.15, 0.2) is 84.9 Å². The molecule has 2 heterocycles. The number of hydrogen-bond donors (Lipinski definition) is 3. The summed E-state index contributed by atoms with van der Waals surface area (Å²) >= 11 is 0. The van der Waals surface area contributed by atoms with Gasteiger partial charge in [-0.3, -0.25) is 9.59 Å². The SMILES string of the molecule is Cc1ccc(C(=O)Cc2ccc(Nc3ccc(CC(=O)c4ccc(N5CCC(O)CC5)cc4)cc3)cc2)[nH]1.O=C=O. The molecule has 8 heteroatoms. The van der Waals surface area contributed by atoms with Crippen molar-refractivity contribution in [2.75, 3.05) is 23.3 Å². The topological polar surface area (TPSA) is 120 Å². The first-order valence-electron chi connectivity index (χ1n) is 13.5. The molecular formula is C33H33N3O5. The lowest BCUT2D eigenvalue weighted by atomic mass is 10.0. The number of benzene rings is 3. The Morgan fingerprint density at radius 1 is 0.805 bits per heavy atom. The van der Waals surface area contributed by atoms with Crippen molar-refractivity contribution in [2.45, 2.75) is 38.7 Å². The van der Waals surface area contributed by atoms with Gasteiger partial charge in [-0.05, 0) is 91.6 Å². The highest BCUT2D eigenvalue weighted by atomic mass is 16.3. The number of H-pyrrole nitrogens is 1. The van der Waals surface area contributed by atoms with Gasteiger partial charge in [0.1, 0.15) is 0 Å². The van der Waals surface area contributed by atoms with E-state index in [1.54, 1.807) is 0 Å². The number of hydrogen-bond acceptors (Lipinski definition) is 7. The van der Waals surface area contributed by atoms with Crippen LogP contribution in [-0.2, 0) is 22.4 Å². The minimum Gasteiger partial charge on any atom is -0.393 e. The van der Waals surface area contributed by atoms with Crippen LogP contribution in [0.2, 0.25) is 0 Å². The second kappa shape index (κ2) is 14.0. The van der Waals surface area contributed by atoms with Crippen LogP contribution in [0.25, 0.3) is 0 Å². The largest absolute Gasteiger partial charge is 0.393 e. The van der Waals surface area contributed by atoms with E-state index in [1.165, 1.54) is 0 Å². The number of aromatic nitrogens is 1. The van der Waals surface area contributed by atoms with E-state index in [0.29, 0.717) is 24.1 Å². The molecule has 1 fully saturated rings. The maximum atomic E-state index is 12.8. The van der Waals surface area contributed by atoms with Crippen LogP contribution in [0.4, 0.5) is 17.1 Å². The van der Waals surface area contributed by atoms with E-state index in [4.69, 9.17) is 9.59 Å². The molecule has 3 aromatic carbocycles. The summed E-state index contributed by atoms with van der Waals surface area (Å²) in [6, 6.07) is 27.3. The van der Waals surface area contributed by atoms with Gasteiger partial charge in [-0.1, -0.05) is 24.3 Å². The molecular weight excluding hydrogens is 518 g/mol. The van der Waals surface area contributed by atoms with E-state index in [-0.39, 0.29) is 23.8 Å². The molecule has 8 nitrogen and oxygen atoms in total. The number of aliphatic hydroxyl groups is 1. The maximum absolute atomic E-state index is 12.8. The fraction of sp³-hybridized carbons (Fsp3) is 0.242. The Bertz CT molecular complexity index is 1480. The molecule has 1 aliphatic heterocycles. The Morgan fingerprint density at radius 3 is 1.80 bits per heavy atom. The van der Waals surface area contributed by atoms with Crippen LogP contribution in [0.5, 0.6) is 0 Å². The van der Waals surface area contributed by atoms with Crippen molar-refractivity contribution in [3.8, 4) is 0 Å². The summed E-state index contributed by atoms with van der Waals surface area (Å²) in [6.07, 6.45) is 2.32. The summed E-state index contributed by atoms with van der Waals surface area (Å²) in [6.45, 7) is 3.61. The minimum atomic E-state index is -0.198. The Balaban J connectivity index is 0.00000124. The summed E-state index contributed by atoms with van der Waals surface area (Å²) in [5.41, 5.74) is 7.21. The Morgan fingerprint density at radius 2 is 1.32 bits per heavy atom. The molecule has 210 valence electrons. The van der Waals surface area contributed by atoms with E-state index in [0.717, 1.165) is 59.8 Å². The summed E-state index contributed by atoms with van der Waals surface area (Å²) in [4.78, 5) is 46.8. The van der Waals surface area contributed by atoms with Crippen molar-refractivity contribution in [2.24, 2.45) is 0 Å². The van der Waals surface area contributed by atoms with E-state index in [1.807, 2.05) is 91.9 Å². The van der Waals surface area contributed by atoms with Crippen LogP contribution >= 0.6 is 0 Å². The molecule has 1 aliphatic rings. The fourth-order valence-corrected chi connectivity index (χ4v) is 4.80. The summed E-state index contributed by atoms with van der Waals surface area (Å²) in [5.74, 6) is 0.161. The summed E-state index contributed by atoms with van der Waals surface area (Å²) in [7, 11) is 0. The van der Waals surface area contributed by atoms with Crippen LogP contribution in [0.3, 0.4) is 0 Å². The molecule has 1 saturated heterocycles. The standard InChI is InChI=1S/C32H33N3O3.CO2/c1-22-2-15-30(33-22)32(38)21-24-5-11-27(12-6-24)34-26-9-3-23(4-10-26)20-31(37)25-7-13-28(14-8-25)35-18-16-29(36)17-19-35;2-1-3/h2-15,29,33-34,36H,16-21H2,1H3;. The van der Waals surface area contributed by atoms with Crippen molar-refractivity contribution in [3.05, 3.63) is 113 Å². The van der Waals surface area contributed by atoms with Crippen molar-refractivity contribution >= 4 is 34.8 Å². The highest BCUT2D eigenvalue weighted by Gasteiger charge is 2.17. The first kappa shape index (κ1) is 29.2. The lowest BCUT2D eigenvalue weighted by molar-refractivity contribution is -0.191. The zero-order chi connectivity index (χ0) is 29.2. The average molecular weight is 552 g/mol. The predicted octanol–water partition coefficient (Wildman–Crippen LogP) is 5.30. The molecule has 0 radical (unpaired) electrons. The van der Waals surface area contributed by atoms with E-state index in [2.05, 4.69) is 15.2 Å². The molecule has 0 unspecified atom stereocenters. The third kappa shape index (κ3) is 8.35. The van der Waals surface area contributed by atoms with Gasteiger partial charge in [-0.25, -0.2) is 0 Å². The Kier molecular flexibility index (Phi) is 9.99. The number of carbonyl (C=O) groups excluding carboxylic acids is 4. The summed E-state index contributed by atoms with van der Waals surface area (Å²) in [5, 5.41) is 13.1. The van der Waals surface area contributed by atoms with Crippen molar-refractivity contribution in [1.29, 1.82) is 0 Å². The van der Waals surface area contributed by atoms with Crippen LogP contribution in [-0.4, -0.2) is 47.0 Å². The van der Waals surface area contributed by atoms with Gasteiger partial charge in [-0.15, -0.1) is 0 Å². The number of aromatic amines is 1. The van der Waals surface area contributed by atoms with Crippen LogP contribution in [0, 0.1) is 6.92 Å². The quantitative estimate of drug-likeness (QED) is 0.242. The molecule has 1 aromatic heterocycles. The molecule has 0 atom stereocenters. The lowest BCUT2D eigenvalue weighted by Crippen LogP contribution is -2.35. The molecule has 0 spiro atoms. The number of carbonyl (C=O) groups is 2. The monoisotopic (exact) mass is 551 g/mol. The van der Waals surface area contributed by atoms with Gasteiger partial charge in [0.05, 0.1) is 11.8 Å². The van der Waals surface area contributed by atoms with E-state index >= 15 is 0 Å². The van der Waals surface area contributed by atoms with E-state index < -0.39 is 0 Å². The number of aryl methyl sites for hydroxylation is 1. The van der Waals surface area contributed by atoms with Gasteiger partial charge in [0.25, 0.3) is 0 Å². The minimum absolute atomic E-state index is 0.0719. The highest BCUT2D eigenvalue weighted by Crippen LogP contribution is 2.22. The number of aliphatic hydroxyl groups excluding tert-OH is 1. The first-order chi connectivity index (χ1) is 19.8. The number of piperidine rings is 1.